The lowest BCUT2D eigenvalue weighted by atomic mass is 9.98. The van der Waals surface area contributed by atoms with Gasteiger partial charge in [-0.05, 0) is 48.8 Å². The van der Waals surface area contributed by atoms with E-state index in [4.69, 9.17) is 9.47 Å². The van der Waals surface area contributed by atoms with Crippen molar-refractivity contribution in [3.8, 4) is 5.75 Å². The summed E-state index contributed by atoms with van der Waals surface area (Å²) < 4.78 is 25.4. The van der Waals surface area contributed by atoms with Crippen molar-refractivity contribution in [2.75, 3.05) is 6.61 Å². The molecule has 9 nitrogen and oxygen atoms in total. The molecule has 0 spiro atoms. The Morgan fingerprint density at radius 3 is 2.07 bits per heavy atom. The van der Waals surface area contributed by atoms with E-state index in [2.05, 4.69) is 5.32 Å². The molecule has 0 bridgehead atoms. The fourth-order valence-corrected chi connectivity index (χ4v) is 7.18. The van der Waals surface area contributed by atoms with E-state index in [1.807, 2.05) is 60.7 Å². The van der Waals surface area contributed by atoms with Gasteiger partial charge < -0.3 is 14.8 Å². The molecule has 1 unspecified atom stereocenters. The van der Waals surface area contributed by atoms with Crippen molar-refractivity contribution in [1.29, 1.82) is 0 Å². The van der Waals surface area contributed by atoms with Gasteiger partial charge in [0.15, 0.2) is 18.5 Å². The first-order valence-corrected chi connectivity index (χ1v) is 15.6. The van der Waals surface area contributed by atoms with Crippen molar-refractivity contribution in [1.82, 2.24) is 10.2 Å². The van der Waals surface area contributed by atoms with Crippen LogP contribution in [0.3, 0.4) is 0 Å². The maximum atomic E-state index is 14.0. The lowest BCUT2D eigenvalue weighted by Crippen LogP contribution is -2.75. The van der Waals surface area contributed by atoms with Crippen LogP contribution >= 0.6 is 0 Å². The highest BCUT2D eigenvalue weighted by Gasteiger charge is 2.60. The Hall–Kier alpha value is -5.09. The van der Waals surface area contributed by atoms with Gasteiger partial charge in [0.2, 0.25) is 0 Å². The van der Waals surface area contributed by atoms with Crippen LogP contribution < -0.4 is 10.1 Å². The van der Waals surface area contributed by atoms with Crippen LogP contribution in [0.4, 0.5) is 0 Å². The lowest BCUT2D eigenvalue weighted by Gasteiger charge is -2.50. The number of fused-ring (bicyclic) bond motifs is 1. The third-order valence-corrected chi connectivity index (χ3v) is 9.41. The van der Waals surface area contributed by atoms with E-state index in [1.165, 1.54) is 19.1 Å². The van der Waals surface area contributed by atoms with Crippen LogP contribution in [0.5, 0.6) is 5.75 Å². The number of carbonyl (C=O) groups is 4. The average Bonchev–Trinajstić information content (AvgIpc) is 3.06. The van der Waals surface area contributed by atoms with Gasteiger partial charge in [-0.25, -0.2) is 4.79 Å². The van der Waals surface area contributed by atoms with E-state index in [0.29, 0.717) is 16.9 Å². The van der Waals surface area contributed by atoms with Crippen molar-refractivity contribution < 1.29 is 32.9 Å². The molecule has 5 rings (SSSR count). The van der Waals surface area contributed by atoms with Crippen LogP contribution in [0.2, 0.25) is 0 Å². The predicted molar refractivity (Wildman–Crippen MR) is 169 cm³/mol. The summed E-state index contributed by atoms with van der Waals surface area (Å²) >= 11 is 0. The molecule has 1 N–H and O–H groups in total. The number of hydrogen-bond donors (Lipinski definition) is 1. The summed E-state index contributed by atoms with van der Waals surface area (Å²) in [6.07, 6.45) is 5.36. The number of para-hydroxylation sites is 1. The summed E-state index contributed by atoms with van der Waals surface area (Å²) in [7, 11) is -2.00. The molecule has 45 heavy (non-hydrogen) atoms. The molecule has 0 aliphatic carbocycles. The Labute approximate surface area is 263 Å². The van der Waals surface area contributed by atoms with Crippen molar-refractivity contribution in [3.05, 3.63) is 138 Å². The van der Waals surface area contributed by atoms with Crippen LogP contribution in [-0.2, 0) is 34.7 Å². The largest absolute Gasteiger partial charge is 0.484 e. The Kier molecular flexibility index (Phi) is 9.84. The second-order valence-electron chi connectivity index (χ2n) is 10.4. The van der Waals surface area contributed by atoms with Crippen molar-refractivity contribution in [2.24, 2.45) is 0 Å². The molecule has 3 aromatic carbocycles. The van der Waals surface area contributed by atoms with Crippen LogP contribution in [0.15, 0.2) is 127 Å². The molecule has 2 amide bonds. The molecule has 2 heterocycles. The van der Waals surface area contributed by atoms with Crippen LogP contribution in [0, 0.1) is 0 Å². The van der Waals surface area contributed by atoms with Crippen LogP contribution in [0.1, 0.15) is 31.1 Å². The molecule has 1 fully saturated rings. The number of carbonyl (C=O) groups excluding carboxylic acids is 4. The molecule has 230 valence electrons. The predicted octanol–water partition coefficient (Wildman–Crippen LogP) is 4.16. The maximum Gasteiger partial charge on any atom is 0.356 e. The smallest absolute Gasteiger partial charge is 0.356 e. The van der Waals surface area contributed by atoms with Crippen molar-refractivity contribution in [2.45, 2.75) is 36.6 Å². The van der Waals surface area contributed by atoms with Crippen molar-refractivity contribution >= 4 is 34.4 Å². The van der Waals surface area contributed by atoms with Crippen LogP contribution in [-0.4, -0.2) is 55.9 Å². The number of rotatable bonds is 11. The molecule has 10 heteroatoms. The number of nitrogens with zero attached hydrogens (tertiary/aromatic N) is 1. The molecule has 0 saturated carbocycles. The molecule has 1 saturated heterocycles. The topological polar surface area (TPSA) is 119 Å². The zero-order chi connectivity index (χ0) is 31.9. The fourth-order valence-electron chi connectivity index (χ4n) is 5.26. The number of β-lactam (4-membered cyclic amide) rings is 1. The first-order valence-electron chi connectivity index (χ1n) is 14.4. The summed E-state index contributed by atoms with van der Waals surface area (Å²) in [5.74, 6) is -2.16. The SMILES string of the molecule is C/C=C/C=C/C(=O)[C@@H]1C(C)=C(C(=O)OC(c2ccccc2)c2ccccc2)N2C(=O)[C@@H](NC(=O)COc3ccccc3)[C@H]2S1=O. The number of benzene rings is 3. The van der Waals surface area contributed by atoms with Gasteiger partial charge in [0.1, 0.15) is 28.1 Å². The number of nitrogens with one attached hydrogen (secondary N) is 1. The number of allylic oxidation sites excluding steroid dienone is 4. The summed E-state index contributed by atoms with van der Waals surface area (Å²) in [4.78, 5) is 54.7. The Morgan fingerprint density at radius 1 is 0.911 bits per heavy atom. The second kappa shape index (κ2) is 14.1. The van der Waals surface area contributed by atoms with Gasteiger partial charge in [-0.1, -0.05) is 97.1 Å². The number of ether oxygens (including phenoxy) is 2. The Balaban J connectivity index is 1.45. The third-order valence-electron chi connectivity index (χ3n) is 7.40. The third kappa shape index (κ3) is 6.71. The minimum absolute atomic E-state index is 0.148. The molecule has 2 aliphatic heterocycles. The van der Waals surface area contributed by atoms with E-state index in [9.17, 15) is 23.4 Å². The standard InChI is InChI=1S/C35H32N2O7S/c1-3-4-8-21-27(38)32-23(2)30(35(41)44-31(24-15-9-5-10-16-24)25-17-11-6-12-18-25)37-33(40)29(34(37)45(32)42)36-28(39)22-43-26-19-13-7-14-20-26/h3-21,29,31-32,34H,22H2,1-2H3,(H,36,39)/b4-3+,21-8+/t29-,32+,34-,45?/m1/s1. The van der Waals surface area contributed by atoms with Gasteiger partial charge in [-0.2, -0.15) is 0 Å². The summed E-state index contributed by atoms with van der Waals surface area (Å²) in [5, 5.41) is 0.174. The first kappa shape index (κ1) is 31.3. The second-order valence-corrected chi connectivity index (χ2v) is 12.0. The zero-order valence-corrected chi connectivity index (χ0v) is 25.5. The summed E-state index contributed by atoms with van der Waals surface area (Å²) in [6.45, 7) is 2.90. The van der Waals surface area contributed by atoms with Gasteiger partial charge in [-0.3, -0.25) is 23.5 Å². The Morgan fingerprint density at radius 2 is 1.49 bits per heavy atom. The van der Waals surface area contributed by atoms with Crippen molar-refractivity contribution in [3.63, 3.8) is 0 Å². The fraction of sp³-hybridized carbons (Fsp3) is 0.200. The normalized spacial score (nSPS) is 21.0. The lowest BCUT2D eigenvalue weighted by molar-refractivity contribution is -0.155. The van der Waals surface area contributed by atoms with Gasteiger partial charge in [-0.15, -0.1) is 0 Å². The first-order chi connectivity index (χ1) is 21.8. The maximum absolute atomic E-state index is 14.0. The highest BCUT2D eigenvalue weighted by molar-refractivity contribution is 7.87. The molecule has 0 radical (unpaired) electrons. The molecule has 3 aromatic rings. The van der Waals surface area contributed by atoms with E-state index in [0.717, 1.165) is 4.90 Å². The molecular weight excluding hydrogens is 592 g/mol. The number of ketones is 1. The van der Waals surface area contributed by atoms with E-state index >= 15 is 0 Å². The summed E-state index contributed by atoms with van der Waals surface area (Å²) in [5.41, 5.74) is 1.39. The molecule has 2 aliphatic rings. The molecule has 4 atom stereocenters. The number of hydrogen-bond acceptors (Lipinski definition) is 7. The van der Waals surface area contributed by atoms with E-state index < -0.39 is 57.1 Å². The highest BCUT2D eigenvalue weighted by atomic mass is 32.2. The van der Waals surface area contributed by atoms with E-state index in [-0.39, 0.29) is 17.9 Å². The zero-order valence-electron chi connectivity index (χ0n) is 24.7. The van der Waals surface area contributed by atoms with Crippen LogP contribution in [0.25, 0.3) is 0 Å². The van der Waals surface area contributed by atoms with E-state index in [1.54, 1.807) is 49.4 Å². The summed E-state index contributed by atoms with van der Waals surface area (Å²) in [6, 6.07) is 25.7. The van der Waals surface area contributed by atoms with Gasteiger partial charge in [0.25, 0.3) is 11.8 Å². The number of esters is 1. The van der Waals surface area contributed by atoms with Gasteiger partial charge >= 0.3 is 5.97 Å². The quantitative estimate of drug-likeness (QED) is 0.147. The minimum Gasteiger partial charge on any atom is -0.484 e. The minimum atomic E-state index is -2.00. The highest BCUT2D eigenvalue weighted by Crippen LogP contribution is 2.40. The average molecular weight is 625 g/mol. The molecule has 0 aromatic heterocycles. The Bertz CT molecular complexity index is 1650. The van der Waals surface area contributed by atoms with Gasteiger partial charge in [0, 0.05) is 0 Å². The van der Waals surface area contributed by atoms with Gasteiger partial charge in [0.05, 0.1) is 10.8 Å². The molecular formula is C35H32N2O7S. The monoisotopic (exact) mass is 624 g/mol. The number of amides is 2.